The molecule has 0 unspecified atom stereocenters. The molecule has 0 radical (unpaired) electrons. The average molecular weight is 221 g/mol. The normalized spacial score (nSPS) is 17.4. The average Bonchev–Trinajstić information content (AvgIpc) is 2.67. The van der Waals surface area contributed by atoms with Crippen LogP contribution in [0.2, 0.25) is 0 Å². The zero-order chi connectivity index (χ0) is 12.0. The molecule has 92 valence electrons. The number of allylic oxidation sites excluding steroid dienone is 2. The molecule has 0 aromatic carbocycles. The van der Waals surface area contributed by atoms with E-state index in [4.69, 9.17) is 4.99 Å². The van der Waals surface area contributed by atoms with E-state index in [-0.39, 0.29) is 0 Å². The molecule has 0 aliphatic heterocycles. The van der Waals surface area contributed by atoms with Crippen LogP contribution in [0.4, 0.5) is 0 Å². The van der Waals surface area contributed by atoms with Crippen LogP contribution in [0.15, 0.2) is 16.3 Å². The molecule has 0 N–H and O–H groups in total. The van der Waals surface area contributed by atoms with Crippen LogP contribution >= 0.6 is 0 Å². The van der Waals surface area contributed by atoms with E-state index in [1.807, 2.05) is 0 Å². The van der Waals surface area contributed by atoms with Gasteiger partial charge in [-0.2, -0.15) is 0 Å². The second-order valence-electron chi connectivity index (χ2n) is 6.08. The third-order valence-corrected chi connectivity index (χ3v) is 3.05. The van der Waals surface area contributed by atoms with Gasteiger partial charge in [0.2, 0.25) is 0 Å². The van der Waals surface area contributed by atoms with Gasteiger partial charge >= 0.3 is 0 Å². The molecule has 1 rings (SSSR count). The van der Waals surface area contributed by atoms with Crippen LogP contribution < -0.4 is 0 Å². The number of rotatable bonds is 4. The van der Waals surface area contributed by atoms with Crippen molar-refractivity contribution in [2.75, 3.05) is 0 Å². The lowest BCUT2D eigenvalue weighted by molar-refractivity contribution is 0.437. The molecule has 0 spiro atoms. The second kappa shape index (κ2) is 6.22. The van der Waals surface area contributed by atoms with Gasteiger partial charge < -0.3 is 0 Å². The molecule has 0 aromatic heterocycles. The van der Waals surface area contributed by atoms with E-state index in [0.717, 1.165) is 12.8 Å². The van der Waals surface area contributed by atoms with E-state index >= 15 is 0 Å². The molecule has 0 aromatic rings. The summed E-state index contributed by atoms with van der Waals surface area (Å²) in [5.74, 6) is 0. The van der Waals surface area contributed by atoms with Crippen LogP contribution in [0.1, 0.15) is 72.6 Å². The standard InChI is InChI=1S/C15H27N/c1-5-8-14(13-9-6-7-10-13)16-12-11-15(2,3)4/h12H,5-11H2,1-4H3. The highest BCUT2D eigenvalue weighted by atomic mass is 14.7. The largest absolute Gasteiger partial charge is 0.266 e. The zero-order valence-electron chi connectivity index (χ0n) is 11.5. The maximum atomic E-state index is 4.74. The lowest BCUT2D eigenvalue weighted by Crippen LogP contribution is -2.05. The highest BCUT2D eigenvalue weighted by molar-refractivity contribution is 5.60. The quantitative estimate of drug-likeness (QED) is 0.584. The van der Waals surface area contributed by atoms with E-state index in [1.165, 1.54) is 37.8 Å². The van der Waals surface area contributed by atoms with E-state index in [0.29, 0.717) is 5.41 Å². The summed E-state index contributed by atoms with van der Waals surface area (Å²) in [6, 6.07) is 0. The van der Waals surface area contributed by atoms with Crippen molar-refractivity contribution in [2.24, 2.45) is 10.4 Å². The topological polar surface area (TPSA) is 12.4 Å². The summed E-state index contributed by atoms with van der Waals surface area (Å²) in [6.07, 6.45) is 10.9. The molecule has 0 amide bonds. The molecule has 1 fully saturated rings. The van der Waals surface area contributed by atoms with Crippen molar-refractivity contribution >= 4 is 6.21 Å². The van der Waals surface area contributed by atoms with Crippen LogP contribution in [0.3, 0.4) is 0 Å². The Kier molecular flexibility index (Phi) is 5.24. The first-order valence-electron chi connectivity index (χ1n) is 6.76. The zero-order valence-corrected chi connectivity index (χ0v) is 11.5. The lowest BCUT2D eigenvalue weighted by Gasteiger charge is -2.14. The van der Waals surface area contributed by atoms with Gasteiger partial charge in [0.25, 0.3) is 0 Å². The first kappa shape index (κ1) is 13.5. The summed E-state index contributed by atoms with van der Waals surface area (Å²) in [5.41, 5.74) is 3.39. The summed E-state index contributed by atoms with van der Waals surface area (Å²) in [4.78, 5) is 4.74. The Bertz CT molecular complexity index is 258. The van der Waals surface area contributed by atoms with Gasteiger partial charge in [0.05, 0.1) is 0 Å². The number of hydrogen-bond donors (Lipinski definition) is 0. The maximum Gasteiger partial charge on any atom is 0.0391 e. The fourth-order valence-corrected chi connectivity index (χ4v) is 2.09. The molecule has 1 aliphatic rings. The van der Waals surface area contributed by atoms with Gasteiger partial charge in [-0.25, -0.2) is 0 Å². The Morgan fingerprint density at radius 1 is 1.25 bits per heavy atom. The number of aliphatic imine (C=N–C) groups is 1. The van der Waals surface area contributed by atoms with E-state index < -0.39 is 0 Å². The lowest BCUT2D eigenvalue weighted by atomic mass is 9.93. The van der Waals surface area contributed by atoms with Gasteiger partial charge in [0, 0.05) is 11.9 Å². The third kappa shape index (κ3) is 4.96. The molecular formula is C15H27N. The second-order valence-corrected chi connectivity index (χ2v) is 6.08. The minimum atomic E-state index is 0.362. The molecule has 0 atom stereocenters. The van der Waals surface area contributed by atoms with E-state index in [2.05, 4.69) is 33.9 Å². The van der Waals surface area contributed by atoms with E-state index in [9.17, 15) is 0 Å². The smallest absolute Gasteiger partial charge is 0.0391 e. The highest BCUT2D eigenvalue weighted by Crippen LogP contribution is 2.29. The third-order valence-electron chi connectivity index (χ3n) is 3.05. The molecule has 0 saturated heterocycles. The number of hydrogen-bond acceptors (Lipinski definition) is 1. The van der Waals surface area contributed by atoms with Gasteiger partial charge in [0.1, 0.15) is 0 Å². The minimum absolute atomic E-state index is 0.362. The summed E-state index contributed by atoms with van der Waals surface area (Å²) in [6.45, 7) is 9.04. The highest BCUT2D eigenvalue weighted by Gasteiger charge is 2.12. The van der Waals surface area contributed by atoms with Gasteiger partial charge in [0.15, 0.2) is 0 Å². The summed E-state index contributed by atoms with van der Waals surface area (Å²) >= 11 is 0. The molecule has 1 aliphatic carbocycles. The van der Waals surface area contributed by atoms with Crippen molar-refractivity contribution in [2.45, 2.75) is 72.6 Å². The first-order valence-corrected chi connectivity index (χ1v) is 6.76. The Morgan fingerprint density at radius 3 is 2.38 bits per heavy atom. The van der Waals surface area contributed by atoms with Gasteiger partial charge in [-0.05, 0) is 49.5 Å². The fourth-order valence-electron chi connectivity index (χ4n) is 2.09. The molecule has 1 nitrogen and oxygen atoms in total. The molecule has 16 heavy (non-hydrogen) atoms. The van der Waals surface area contributed by atoms with Crippen molar-refractivity contribution < 1.29 is 0 Å². The van der Waals surface area contributed by atoms with Crippen molar-refractivity contribution in [1.29, 1.82) is 0 Å². The Balaban J connectivity index is 2.61. The summed E-state index contributed by atoms with van der Waals surface area (Å²) in [7, 11) is 0. The predicted molar refractivity (Wildman–Crippen MR) is 73.0 cm³/mol. The minimum Gasteiger partial charge on any atom is -0.266 e. The predicted octanol–water partition coefficient (Wildman–Crippen LogP) is 5.12. The Hall–Kier alpha value is -0.590. The van der Waals surface area contributed by atoms with Gasteiger partial charge in [-0.15, -0.1) is 0 Å². The van der Waals surface area contributed by atoms with E-state index in [1.54, 1.807) is 5.57 Å². The maximum absolute atomic E-state index is 4.74. The first-order chi connectivity index (χ1) is 7.53. The SMILES string of the molecule is CCCC(N=CCC(C)(C)C)=C1CCCC1. The van der Waals surface area contributed by atoms with Crippen LogP contribution in [0.25, 0.3) is 0 Å². The number of nitrogens with zero attached hydrogens (tertiary/aromatic N) is 1. The van der Waals surface area contributed by atoms with Crippen LogP contribution in [-0.2, 0) is 0 Å². The molecule has 1 saturated carbocycles. The Morgan fingerprint density at radius 2 is 1.88 bits per heavy atom. The van der Waals surface area contributed by atoms with Crippen molar-refractivity contribution in [3.63, 3.8) is 0 Å². The fraction of sp³-hybridized carbons (Fsp3) is 0.800. The molecule has 0 bridgehead atoms. The van der Waals surface area contributed by atoms with Crippen LogP contribution in [0, 0.1) is 5.41 Å². The molecule has 0 heterocycles. The van der Waals surface area contributed by atoms with Crippen molar-refractivity contribution in [3.05, 3.63) is 11.3 Å². The van der Waals surface area contributed by atoms with Crippen LogP contribution in [-0.4, -0.2) is 6.21 Å². The monoisotopic (exact) mass is 221 g/mol. The van der Waals surface area contributed by atoms with Crippen molar-refractivity contribution in [3.8, 4) is 0 Å². The molecule has 1 heteroatoms. The molecular weight excluding hydrogens is 194 g/mol. The van der Waals surface area contributed by atoms with Crippen LogP contribution in [0.5, 0.6) is 0 Å². The Labute approximate surface area is 101 Å². The van der Waals surface area contributed by atoms with Crippen molar-refractivity contribution in [1.82, 2.24) is 0 Å². The van der Waals surface area contributed by atoms with Gasteiger partial charge in [-0.3, -0.25) is 4.99 Å². The van der Waals surface area contributed by atoms with Gasteiger partial charge in [-0.1, -0.05) is 34.1 Å². The summed E-state index contributed by atoms with van der Waals surface area (Å²) < 4.78 is 0. The summed E-state index contributed by atoms with van der Waals surface area (Å²) in [5, 5.41) is 0.